The first-order chi connectivity index (χ1) is 6.52. The summed E-state index contributed by atoms with van der Waals surface area (Å²) < 4.78 is 0. The Morgan fingerprint density at radius 2 is 2.07 bits per heavy atom. The molecule has 0 spiro atoms. The molecule has 0 rings (SSSR count). The smallest absolute Gasteiger partial charge is 0.323 e. The molecule has 0 fully saturated rings. The molecule has 0 saturated carbocycles. The topological polar surface area (TPSA) is 47.3 Å². The first kappa shape index (κ1) is 12.5. The maximum Gasteiger partial charge on any atom is 0.323 e. The number of rotatable bonds is 3. The molecule has 4 heteroatoms. The van der Waals surface area contributed by atoms with E-state index in [0.29, 0.717) is 5.57 Å². The Hall–Kier alpha value is -1.50. The van der Waals surface area contributed by atoms with E-state index in [0.717, 1.165) is 13.0 Å². The van der Waals surface area contributed by atoms with Crippen molar-refractivity contribution in [2.45, 2.75) is 20.3 Å². The highest BCUT2D eigenvalue weighted by Gasteiger charge is 2.10. The van der Waals surface area contributed by atoms with E-state index in [1.807, 2.05) is 13.0 Å². The number of urea groups is 1. The standard InChI is InChI=1S/C10H17N3O/c1-5-6-12(3)10(14)13(4)8-9(2)7-11/h8H,5-6H2,1-4H3. The second kappa shape index (κ2) is 6.03. The highest BCUT2D eigenvalue weighted by atomic mass is 16.2. The lowest BCUT2D eigenvalue weighted by Gasteiger charge is -2.21. The van der Waals surface area contributed by atoms with E-state index in [-0.39, 0.29) is 6.03 Å². The van der Waals surface area contributed by atoms with Gasteiger partial charge in [0, 0.05) is 32.4 Å². The highest BCUT2D eigenvalue weighted by molar-refractivity contribution is 5.75. The van der Waals surface area contributed by atoms with Gasteiger partial charge in [-0.25, -0.2) is 4.79 Å². The second-order valence-electron chi connectivity index (χ2n) is 3.24. The number of amides is 2. The van der Waals surface area contributed by atoms with Crippen molar-refractivity contribution in [3.8, 4) is 6.07 Å². The summed E-state index contributed by atoms with van der Waals surface area (Å²) in [4.78, 5) is 14.6. The van der Waals surface area contributed by atoms with Crippen LogP contribution in [0.4, 0.5) is 4.79 Å². The average molecular weight is 195 g/mol. The molecule has 0 aliphatic carbocycles. The predicted octanol–water partition coefficient (Wildman–Crippen LogP) is 1.81. The Labute approximate surface area is 85.4 Å². The Bertz CT molecular complexity index is 265. The molecule has 0 N–H and O–H groups in total. The largest absolute Gasteiger partial charge is 0.327 e. The third kappa shape index (κ3) is 3.94. The molecule has 0 radical (unpaired) electrons. The summed E-state index contributed by atoms with van der Waals surface area (Å²) in [5.74, 6) is 0. The first-order valence-electron chi connectivity index (χ1n) is 4.59. The van der Waals surface area contributed by atoms with E-state index in [1.165, 1.54) is 11.1 Å². The number of carbonyl (C=O) groups is 1. The number of nitriles is 1. The van der Waals surface area contributed by atoms with Gasteiger partial charge in [0.25, 0.3) is 0 Å². The Balaban J connectivity index is 4.34. The summed E-state index contributed by atoms with van der Waals surface area (Å²) in [6.45, 7) is 4.41. The van der Waals surface area contributed by atoms with Gasteiger partial charge in [0.15, 0.2) is 0 Å². The fourth-order valence-corrected chi connectivity index (χ4v) is 1.07. The Morgan fingerprint density at radius 1 is 1.50 bits per heavy atom. The summed E-state index contributed by atoms with van der Waals surface area (Å²) in [7, 11) is 3.40. The average Bonchev–Trinajstić information content (AvgIpc) is 2.16. The number of hydrogen-bond acceptors (Lipinski definition) is 2. The fraction of sp³-hybridized carbons (Fsp3) is 0.600. The van der Waals surface area contributed by atoms with Crippen LogP contribution in [0.15, 0.2) is 11.8 Å². The molecule has 0 aliphatic rings. The summed E-state index contributed by atoms with van der Waals surface area (Å²) in [5.41, 5.74) is 0.519. The van der Waals surface area contributed by atoms with Crippen LogP contribution in [0.5, 0.6) is 0 Å². The van der Waals surface area contributed by atoms with Gasteiger partial charge in [0.1, 0.15) is 0 Å². The Kier molecular flexibility index (Phi) is 5.38. The number of nitrogens with zero attached hydrogens (tertiary/aromatic N) is 3. The van der Waals surface area contributed by atoms with Gasteiger partial charge in [-0.15, -0.1) is 0 Å². The molecular formula is C10H17N3O. The SMILES string of the molecule is CCCN(C)C(=O)N(C)C=C(C)C#N. The van der Waals surface area contributed by atoms with E-state index >= 15 is 0 Å². The summed E-state index contributed by atoms with van der Waals surface area (Å²) in [6, 6.07) is 1.87. The molecule has 14 heavy (non-hydrogen) atoms. The summed E-state index contributed by atoms with van der Waals surface area (Å²) >= 11 is 0. The quantitative estimate of drug-likeness (QED) is 0.645. The zero-order valence-electron chi connectivity index (χ0n) is 9.24. The van der Waals surface area contributed by atoms with Crippen LogP contribution in [0.2, 0.25) is 0 Å². The van der Waals surface area contributed by atoms with Crippen molar-refractivity contribution >= 4 is 6.03 Å². The fourth-order valence-electron chi connectivity index (χ4n) is 1.07. The molecule has 0 unspecified atom stereocenters. The van der Waals surface area contributed by atoms with Gasteiger partial charge in [0.05, 0.1) is 6.07 Å². The minimum absolute atomic E-state index is 0.0959. The molecule has 2 amide bonds. The van der Waals surface area contributed by atoms with E-state index in [2.05, 4.69) is 0 Å². The van der Waals surface area contributed by atoms with Crippen molar-refractivity contribution in [3.05, 3.63) is 11.8 Å². The lowest BCUT2D eigenvalue weighted by atomic mass is 10.3. The molecule has 0 heterocycles. The molecule has 0 atom stereocenters. The van der Waals surface area contributed by atoms with Gasteiger partial charge in [-0.05, 0) is 13.3 Å². The highest BCUT2D eigenvalue weighted by Crippen LogP contribution is 1.99. The van der Waals surface area contributed by atoms with Crippen LogP contribution >= 0.6 is 0 Å². The van der Waals surface area contributed by atoms with Gasteiger partial charge in [-0.2, -0.15) is 5.26 Å². The molecule has 0 bridgehead atoms. The minimum Gasteiger partial charge on any atom is -0.327 e. The van der Waals surface area contributed by atoms with Crippen LogP contribution in [0.3, 0.4) is 0 Å². The Morgan fingerprint density at radius 3 is 2.50 bits per heavy atom. The van der Waals surface area contributed by atoms with Crippen LogP contribution in [-0.2, 0) is 0 Å². The van der Waals surface area contributed by atoms with E-state index in [1.54, 1.807) is 25.9 Å². The van der Waals surface area contributed by atoms with Crippen molar-refractivity contribution in [1.29, 1.82) is 5.26 Å². The van der Waals surface area contributed by atoms with Crippen molar-refractivity contribution in [3.63, 3.8) is 0 Å². The molecule has 0 saturated heterocycles. The van der Waals surface area contributed by atoms with Gasteiger partial charge >= 0.3 is 6.03 Å². The summed E-state index contributed by atoms with van der Waals surface area (Å²) in [5, 5.41) is 8.54. The van der Waals surface area contributed by atoms with Crippen LogP contribution in [0.1, 0.15) is 20.3 Å². The minimum atomic E-state index is -0.0959. The molecule has 0 aromatic heterocycles. The zero-order chi connectivity index (χ0) is 11.1. The van der Waals surface area contributed by atoms with Gasteiger partial charge in [-0.3, -0.25) is 0 Å². The van der Waals surface area contributed by atoms with Gasteiger partial charge < -0.3 is 9.80 Å². The zero-order valence-corrected chi connectivity index (χ0v) is 9.24. The maximum absolute atomic E-state index is 11.6. The third-order valence-electron chi connectivity index (χ3n) is 1.75. The van der Waals surface area contributed by atoms with Crippen molar-refractivity contribution in [2.24, 2.45) is 0 Å². The number of allylic oxidation sites excluding steroid dienone is 1. The van der Waals surface area contributed by atoms with Crippen LogP contribution in [-0.4, -0.2) is 36.5 Å². The third-order valence-corrected chi connectivity index (χ3v) is 1.75. The van der Waals surface area contributed by atoms with Crippen LogP contribution < -0.4 is 0 Å². The van der Waals surface area contributed by atoms with Crippen LogP contribution in [0, 0.1) is 11.3 Å². The normalized spacial score (nSPS) is 10.6. The molecular weight excluding hydrogens is 178 g/mol. The molecule has 0 aromatic rings. The molecule has 78 valence electrons. The number of carbonyl (C=O) groups excluding carboxylic acids is 1. The molecule has 4 nitrogen and oxygen atoms in total. The van der Waals surface area contributed by atoms with E-state index in [9.17, 15) is 4.79 Å². The van der Waals surface area contributed by atoms with Crippen LogP contribution in [0.25, 0.3) is 0 Å². The number of hydrogen-bond donors (Lipinski definition) is 0. The monoisotopic (exact) mass is 195 g/mol. The molecule has 0 aliphatic heterocycles. The lowest BCUT2D eigenvalue weighted by Crippen LogP contribution is -2.36. The van der Waals surface area contributed by atoms with Gasteiger partial charge in [-0.1, -0.05) is 6.92 Å². The maximum atomic E-state index is 11.6. The van der Waals surface area contributed by atoms with Crippen molar-refractivity contribution in [1.82, 2.24) is 9.80 Å². The predicted molar refractivity (Wildman–Crippen MR) is 55.5 cm³/mol. The lowest BCUT2D eigenvalue weighted by molar-refractivity contribution is 0.187. The van der Waals surface area contributed by atoms with E-state index < -0.39 is 0 Å². The van der Waals surface area contributed by atoms with Gasteiger partial charge in [0.2, 0.25) is 0 Å². The first-order valence-corrected chi connectivity index (χ1v) is 4.59. The van der Waals surface area contributed by atoms with Crippen molar-refractivity contribution < 1.29 is 4.79 Å². The molecule has 0 aromatic carbocycles. The van der Waals surface area contributed by atoms with E-state index in [4.69, 9.17) is 5.26 Å². The van der Waals surface area contributed by atoms with Crippen molar-refractivity contribution in [2.75, 3.05) is 20.6 Å². The second-order valence-corrected chi connectivity index (χ2v) is 3.24. The summed E-state index contributed by atoms with van der Waals surface area (Å²) in [6.07, 6.45) is 2.46.